The molecule has 2 unspecified atom stereocenters. The molecule has 0 aliphatic carbocycles. The van der Waals surface area contributed by atoms with Gasteiger partial charge < -0.3 is 0 Å². The summed E-state index contributed by atoms with van der Waals surface area (Å²) in [4.78, 5) is 0. The van der Waals surface area contributed by atoms with Crippen molar-refractivity contribution in [1.82, 2.24) is 5.32 Å². The second-order valence-electron chi connectivity index (χ2n) is 6.02. The van der Waals surface area contributed by atoms with Crippen LogP contribution in [0, 0.1) is 0 Å². The van der Waals surface area contributed by atoms with E-state index in [1.54, 1.807) is 0 Å². The summed E-state index contributed by atoms with van der Waals surface area (Å²) in [5.41, 5.74) is 0.406. The van der Waals surface area contributed by atoms with Gasteiger partial charge in [0.05, 0.1) is 0 Å². The van der Waals surface area contributed by atoms with Crippen molar-refractivity contribution in [2.75, 3.05) is 0 Å². The van der Waals surface area contributed by atoms with E-state index in [0.29, 0.717) is 0 Å². The summed E-state index contributed by atoms with van der Waals surface area (Å²) in [6.45, 7) is 13.8. The van der Waals surface area contributed by atoms with Crippen LogP contribution in [0.15, 0.2) is 0 Å². The van der Waals surface area contributed by atoms with Gasteiger partial charge in [0.25, 0.3) is 0 Å². The van der Waals surface area contributed by atoms with E-state index in [0.717, 1.165) is 0 Å². The van der Waals surface area contributed by atoms with Crippen LogP contribution in [0.3, 0.4) is 0 Å². The monoisotopic (exact) mass is 240 g/mol. The molecule has 0 rings (SSSR count). The zero-order valence-corrected chi connectivity index (χ0v) is 13.1. The van der Waals surface area contributed by atoms with Gasteiger partial charge in [-0.3, -0.25) is 0 Å². The second-order valence-corrected chi connectivity index (χ2v) is 6.02. The van der Waals surface area contributed by atoms with E-state index in [9.17, 15) is 0 Å². The average Bonchev–Trinajstić information content (AvgIpc) is 2.34. The third-order valence-electron chi connectivity index (χ3n) is 4.20. The molecule has 2 atom stereocenters. The fraction of sp³-hybridized carbons (Fsp3) is 1.00. The molecule has 1 heteroatoms. The summed E-state index contributed by atoms with van der Waals surface area (Å²) in [5.74, 6) is 0. The molecule has 0 aliphatic heterocycles. The first kappa shape index (κ1) is 17.0. The first-order valence-corrected chi connectivity index (χ1v) is 7.69. The Morgan fingerprint density at radius 2 is 1.06 bits per heavy atom. The van der Waals surface area contributed by atoms with Crippen LogP contribution >= 0.6 is 0 Å². The fourth-order valence-electron chi connectivity index (χ4n) is 2.39. The lowest BCUT2D eigenvalue weighted by Gasteiger charge is -2.39. The quantitative estimate of drug-likeness (QED) is 0.491. The Kier molecular flexibility index (Phi) is 8.11. The number of rotatable bonds is 10. The van der Waals surface area contributed by atoms with E-state index in [-0.39, 0.29) is 11.1 Å². The van der Waals surface area contributed by atoms with Crippen LogP contribution in [-0.2, 0) is 0 Å². The maximum atomic E-state index is 5.25. The van der Waals surface area contributed by atoms with E-state index < -0.39 is 0 Å². The molecule has 0 saturated carbocycles. The van der Waals surface area contributed by atoms with Crippen molar-refractivity contribution in [3.8, 4) is 0 Å². The zero-order chi connectivity index (χ0) is 13.4. The minimum absolute atomic E-state index is 0.203. The molecule has 0 heterocycles. The maximum absolute atomic E-state index is 5.25. The number of hydrogen-bond acceptors (Lipinski definition) is 0. The number of hydrogen-bond donors (Lipinski definition) is 0. The molecule has 0 aromatic heterocycles. The third-order valence-corrected chi connectivity index (χ3v) is 4.20. The summed E-state index contributed by atoms with van der Waals surface area (Å²) in [5, 5.41) is 5.25. The van der Waals surface area contributed by atoms with Crippen molar-refractivity contribution >= 4 is 0 Å². The highest BCUT2D eigenvalue weighted by Crippen LogP contribution is 2.28. The Labute approximate surface area is 110 Å². The number of unbranched alkanes of at least 4 members (excludes halogenated alkanes) is 2. The molecule has 0 aromatic rings. The molecular formula is C16H34N. The predicted octanol–water partition coefficient (Wildman–Crippen LogP) is 5.31. The van der Waals surface area contributed by atoms with E-state index >= 15 is 0 Å². The molecule has 103 valence electrons. The minimum atomic E-state index is 0.203. The average molecular weight is 240 g/mol. The Bertz CT molecular complexity index is 170. The second kappa shape index (κ2) is 8.13. The minimum Gasteiger partial charge on any atom is -0.229 e. The van der Waals surface area contributed by atoms with Crippen molar-refractivity contribution in [1.29, 1.82) is 0 Å². The Morgan fingerprint density at radius 1 is 0.706 bits per heavy atom. The zero-order valence-electron chi connectivity index (χ0n) is 13.1. The standard InChI is InChI=1S/C16H34N/c1-7-11-13-15(5,9-3)17-16(6,10-4)14-12-8-2/h7-14H2,1-6H3. The van der Waals surface area contributed by atoms with Gasteiger partial charge in [-0.2, -0.15) is 0 Å². The topological polar surface area (TPSA) is 14.1 Å². The lowest BCUT2D eigenvalue weighted by molar-refractivity contribution is 0.183. The molecule has 0 N–H and O–H groups in total. The van der Waals surface area contributed by atoms with Gasteiger partial charge in [-0.1, -0.05) is 53.4 Å². The van der Waals surface area contributed by atoms with Crippen molar-refractivity contribution < 1.29 is 0 Å². The first-order valence-electron chi connectivity index (χ1n) is 7.69. The highest BCUT2D eigenvalue weighted by Gasteiger charge is 2.32. The van der Waals surface area contributed by atoms with E-state index in [4.69, 9.17) is 5.32 Å². The maximum Gasteiger partial charge on any atom is 0.0332 e. The first-order chi connectivity index (χ1) is 7.95. The molecule has 0 fully saturated rings. The molecule has 1 radical (unpaired) electrons. The van der Waals surface area contributed by atoms with Gasteiger partial charge in [0.1, 0.15) is 0 Å². The van der Waals surface area contributed by atoms with Gasteiger partial charge in [0.2, 0.25) is 0 Å². The van der Waals surface area contributed by atoms with Crippen molar-refractivity contribution in [2.24, 2.45) is 0 Å². The Morgan fingerprint density at radius 3 is 1.29 bits per heavy atom. The summed E-state index contributed by atoms with van der Waals surface area (Å²) < 4.78 is 0. The highest BCUT2D eigenvalue weighted by atomic mass is 15.0. The normalized spacial score (nSPS) is 18.7. The van der Waals surface area contributed by atoms with Crippen LogP contribution in [0.5, 0.6) is 0 Å². The molecule has 17 heavy (non-hydrogen) atoms. The van der Waals surface area contributed by atoms with Crippen molar-refractivity contribution in [3.63, 3.8) is 0 Å². The lowest BCUT2D eigenvalue weighted by Crippen LogP contribution is -2.49. The summed E-state index contributed by atoms with van der Waals surface area (Å²) >= 11 is 0. The molecule has 0 bridgehead atoms. The molecule has 1 nitrogen and oxygen atoms in total. The van der Waals surface area contributed by atoms with Crippen LogP contribution in [-0.4, -0.2) is 11.1 Å². The predicted molar refractivity (Wildman–Crippen MR) is 78.6 cm³/mol. The van der Waals surface area contributed by atoms with Gasteiger partial charge in [-0.15, -0.1) is 0 Å². The Balaban J connectivity index is 4.47. The van der Waals surface area contributed by atoms with Crippen molar-refractivity contribution in [3.05, 3.63) is 0 Å². The van der Waals surface area contributed by atoms with Crippen LogP contribution in [0.25, 0.3) is 0 Å². The lowest BCUT2D eigenvalue weighted by atomic mass is 9.84. The van der Waals surface area contributed by atoms with Crippen LogP contribution in [0.2, 0.25) is 0 Å². The van der Waals surface area contributed by atoms with Crippen LogP contribution in [0.4, 0.5) is 0 Å². The molecule has 0 aromatic carbocycles. The van der Waals surface area contributed by atoms with Gasteiger partial charge in [-0.05, 0) is 39.5 Å². The molecule has 0 aliphatic rings. The van der Waals surface area contributed by atoms with E-state index in [1.807, 2.05) is 0 Å². The van der Waals surface area contributed by atoms with E-state index in [2.05, 4.69) is 41.5 Å². The summed E-state index contributed by atoms with van der Waals surface area (Å²) in [7, 11) is 0. The van der Waals surface area contributed by atoms with Crippen molar-refractivity contribution in [2.45, 2.75) is 104 Å². The Hall–Kier alpha value is -0.0400. The molecule has 0 saturated heterocycles. The third kappa shape index (κ3) is 6.45. The fourth-order valence-corrected chi connectivity index (χ4v) is 2.39. The molecule has 0 amide bonds. The smallest absolute Gasteiger partial charge is 0.0332 e. The van der Waals surface area contributed by atoms with Gasteiger partial charge in [0, 0.05) is 11.1 Å². The van der Waals surface area contributed by atoms with Gasteiger partial charge in [-0.25, -0.2) is 5.32 Å². The van der Waals surface area contributed by atoms with Crippen LogP contribution < -0.4 is 5.32 Å². The summed E-state index contributed by atoms with van der Waals surface area (Å²) in [6.07, 6.45) is 10.0. The summed E-state index contributed by atoms with van der Waals surface area (Å²) in [6, 6.07) is 0. The van der Waals surface area contributed by atoms with Gasteiger partial charge in [0.15, 0.2) is 0 Å². The SMILES string of the molecule is CCCCC(C)(CC)[N]C(C)(CC)CCCC. The van der Waals surface area contributed by atoms with Gasteiger partial charge >= 0.3 is 0 Å². The highest BCUT2D eigenvalue weighted by molar-refractivity contribution is 4.91. The van der Waals surface area contributed by atoms with Crippen LogP contribution in [0.1, 0.15) is 92.9 Å². The number of nitrogens with zero attached hydrogens (tertiary/aromatic N) is 1. The largest absolute Gasteiger partial charge is 0.229 e. The molecular weight excluding hydrogens is 206 g/mol. The molecule has 0 spiro atoms. The van der Waals surface area contributed by atoms with E-state index in [1.165, 1.54) is 51.4 Å².